The summed E-state index contributed by atoms with van der Waals surface area (Å²) in [5, 5.41) is 3.96. The van der Waals surface area contributed by atoms with Crippen LogP contribution in [0.25, 0.3) is 11.5 Å². The van der Waals surface area contributed by atoms with Crippen LogP contribution < -0.4 is 0 Å². The van der Waals surface area contributed by atoms with E-state index in [4.69, 9.17) is 8.94 Å². The summed E-state index contributed by atoms with van der Waals surface area (Å²) in [5.74, 6) is 1.58. The molecule has 0 N–H and O–H groups in total. The van der Waals surface area contributed by atoms with E-state index in [1.807, 2.05) is 4.90 Å². The molecule has 3 aromatic heterocycles. The van der Waals surface area contributed by atoms with Crippen molar-refractivity contribution in [2.75, 3.05) is 13.1 Å². The number of hydrogen-bond donors (Lipinski definition) is 0. The Morgan fingerprint density at radius 2 is 2.32 bits per heavy atom. The van der Waals surface area contributed by atoms with Crippen LogP contribution in [0.4, 0.5) is 0 Å². The fraction of sp³-hybridized carbons (Fsp3) is 0.353. The van der Waals surface area contributed by atoms with Crippen LogP contribution in [-0.2, 0) is 6.42 Å². The molecule has 0 radical (unpaired) electrons. The van der Waals surface area contributed by atoms with E-state index in [1.165, 1.54) is 6.26 Å². The highest BCUT2D eigenvalue weighted by Gasteiger charge is 2.27. The van der Waals surface area contributed by atoms with Gasteiger partial charge < -0.3 is 13.8 Å². The van der Waals surface area contributed by atoms with Crippen molar-refractivity contribution in [1.82, 2.24) is 25.0 Å². The monoisotopic (exact) mass is 339 g/mol. The van der Waals surface area contributed by atoms with Crippen LogP contribution in [0.5, 0.6) is 0 Å². The molecule has 0 bridgehead atoms. The van der Waals surface area contributed by atoms with Gasteiger partial charge in [0.05, 0.1) is 12.5 Å². The molecule has 1 aliphatic rings. The number of carbonyl (C=O) groups excluding carboxylic acids is 1. The standard InChI is InChI=1S/C17H17N5O3/c23-17(14-4-2-8-24-14)22-7-1-3-12(11-22)9-15-20-16(21-25-15)13-10-18-5-6-19-13/h2,4-6,8,10,12H,1,3,7,9,11H2/t12-/m1/s1. The summed E-state index contributed by atoms with van der Waals surface area (Å²) in [6.07, 6.45) is 8.89. The lowest BCUT2D eigenvalue weighted by molar-refractivity contribution is 0.0636. The predicted octanol–water partition coefficient (Wildman–Crippen LogP) is 2.21. The van der Waals surface area contributed by atoms with Crippen LogP contribution in [0.2, 0.25) is 0 Å². The first-order valence-corrected chi connectivity index (χ1v) is 8.21. The summed E-state index contributed by atoms with van der Waals surface area (Å²) in [6, 6.07) is 3.41. The van der Waals surface area contributed by atoms with E-state index in [9.17, 15) is 4.79 Å². The van der Waals surface area contributed by atoms with E-state index < -0.39 is 0 Å². The first-order chi connectivity index (χ1) is 12.3. The second-order valence-electron chi connectivity index (χ2n) is 6.04. The molecule has 25 heavy (non-hydrogen) atoms. The molecule has 0 saturated carbocycles. The van der Waals surface area contributed by atoms with Gasteiger partial charge in [-0.2, -0.15) is 4.98 Å². The fourth-order valence-corrected chi connectivity index (χ4v) is 3.08. The van der Waals surface area contributed by atoms with Crippen LogP contribution >= 0.6 is 0 Å². The Bertz CT molecular complexity index is 831. The Hall–Kier alpha value is -3.03. The van der Waals surface area contributed by atoms with E-state index in [0.29, 0.717) is 36.1 Å². The summed E-state index contributed by atoms with van der Waals surface area (Å²) >= 11 is 0. The molecule has 1 saturated heterocycles. The zero-order valence-corrected chi connectivity index (χ0v) is 13.5. The Labute approximate surface area is 143 Å². The highest BCUT2D eigenvalue weighted by atomic mass is 16.5. The molecule has 0 aromatic carbocycles. The molecule has 1 fully saturated rings. The molecule has 8 heteroatoms. The van der Waals surface area contributed by atoms with Crippen LogP contribution in [0.3, 0.4) is 0 Å². The van der Waals surface area contributed by atoms with E-state index in [1.54, 1.807) is 30.7 Å². The zero-order valence-electron chi connectivity index (χ0n) is 13.5. The van der Waals surface area contributed by atoms with Crippen LogP contribution in [0, 0.1) is 5.92 Å². The number of amides is 1. The number of rotatable bonds is 4. The summed E-state index contributed by atoms with van der Waals surface area (Å²) in [5.41, 5.74) is 0.579. The molecule has 0 spiro atoms. The minimum Gasteiger partial charge on any atom is -0.459 e. The van der Waals surface area contributed by atoms with E-state index >= 15 is 0 Å². The van der Waals surface area contributed by atoms with E-state index in [0.717, 1.165) is 19.4 Å². The minimum absolute atomic E-state index is 0.0690. The summed E-state index contributed by atoms with van der Waals surface area (Å²) in [4.78, 5) is 26.8. The van der Waals surface area contributed by atoms with Gasteiger partial charge in [-0.25, -0.2) is 4.98 Å². The van der Waals surface area contributed by atoms with Gasteiger partial charge in [0.1, 0.15) is 5.69 Å². The lowest BCUT2D eigenvalue weighted by atomic mass is 9.94. The molecule has 3 aromatic rings. The lowest BCUT2D eigenvalue weighted by Gasteiger charge is -2.31. The van der Waals surface area contributed by atoms with Crippen LogP contribution in [0.1, 0.15) is 29.3 Å². The second-order valence-corrected chi connectivity index (χ2v) is 6.04. The topological polar surface area (TPSA) is 98.2 Å². The van der Waals surface area contributed by atoms with Crippen molar-refractivity contribution < 1.29 is 13.7 Å². The molecule has 1 atom stereocenters. The summed E-state index contributed by atoms with van der Waals surface area (Å²) in [6.45, 7) is 1.40. The number of nitrogens with zero attached hydrogens (tertiary/aromatic N) is 5. The molecular weight excluding hydrogens is 322 g/mol. The van der Waals surface area contributed by atoms with Gasteiger partial charge >= 0.3 is 0 Å². The van der Waals surface area contributed by atoms with Gasteiger partial charge in [-0.15, -0.1) is 0 Å². The largest absolute Gasteiger partial charge is 0.459 e. The van der Waals surface area contributed by atoms with Crippen molar-refractivity contribution in [2.45, 2.75) is 19.3 Å². The minimum atomic E-state index is -0.0690. The van der Waals surface area contributed by atoms with Crippen molar-refractivity contribution in [3.63, 3.8) is 0 Å². The summed E-state index contributed by atoms with van der Waals surface area (Å²) < 4.78 is 10.5. The quantitative estimate of drug-likeness (QED) is 0.718. The number of aromatic nitrogens is 4. The Morgan fingerprint density at radius 3 is 3.12 bits per heavy atom. The SMILES string of the molecule is O=C(c1ccco1)N1CCC[C@H](Cc2nc(-c3cnccn3)no2)C1. The third-order valence-electron chi connectivity index (χ3n) is 4.26. The molecule has 4 heterocycles. The third-order valence-corrected chi connectivity index (χ3v) is 4.26. The lowest BCUT2D eigenvalue weighted by Crippen LogP contribution is -2.40. The maximum atomic E-state index is 12.4. The highest BCUT2D eigenvalue weighted by molar-refractivity contribution is 5.91. The van der Waals surface area contributed by atoms with Gasteiger partial charge in [0.2, 0.25) is 11.7 Å². The van der Waals surface area contributed by atoms with Crippen molar-refractivity contribution in [3.8, 4) is 11.5 Å². The fourth-order valence-electron chi connectivity index (χ4n) is 3.08. The smallest absolute Gasteiger partial charge is 0.289 e. The van der Waals surface area contributed by atoms with Crippen LogP contribution in [-0.4, -0.2) is 44.0 Å². The predicted molar refractivity (Wildman–Crippen MR) is 86.4 cm³/mol. The van der Waals surface area contributed by atoms with Gasteiger partial charge in [-0.3, -0.25) is 9.78 Å². The second kappa shape index (κ2) is 6.84. The molecule has 8 nitrogen and oxygen atoms in total. The maximum Gasteiger partial charge on any atom is 0.289 e. The number of hydrogen-bond acceptors (Lipinski definition) is 7. The summed E-state index contributed by atoms with van der Waals surface area (Å²) in [7, 11) is 0. The molecular formula is C17H17N5O3. The van der Waals surface area contributed by atoms with Gasteiger partial charge in [-0.1, -0.05) is 5.16 Å². The molecule has 1 amide bonds. The maximum absolute atomic E-state index is 12.4. The van der Waals surface area contributed by atoms with E-state index in [2.05, 4.69) is 20.1 Å². The number of piperidine rings is 1. The number of likely N-dealkylation sites (tertiary alicyclic amines) is 1. The van der Waals surface area contributed by atoms with Gasteiger partial charge in [0.15, 0.2) is 5.76 Å². The van der Waals surface area contributed by atoms with Gasteiger partial charge in [-0.05, 0) is 30.9 Å². The molecule has 4 rings (SSSR count). The Balaban J connectivity index is 1.41. The zero-order chi connectivity index (χ0) is 17.1. The Kier molecular flexibility index (Phi) is 4.24. The molecule has 0 aliphatic carbocycles. The average Bonchev–Trinajstić information content (AvgIpc) is 3.34. The highest BCUT2D eigenvalue weighted by Crippen LogP contribution is 2.23. The van der Waals surface area contributed by atoms with Gasteiger partial charge in [0, 0.05) is 31.9 Å². The van der Waals surface area contributed by atoms with Crippen molar-refractivity contribution in [2.24, 2.45) is 5.92 Å². The molecule has 1 aliphatic heterocycles. The van der Waals surface area contributed by atoms with Crippen molar-refractivity contribution >= 4 is 5.91 Å². The van der Waals surface area contributed by atoms with Crippen molar-refractivity contribution in [3.05, 3.63) is 48.6 Å². The first kappa shape index (κ1) is 15.5. The molecule has 128 valence electrons. The number of carbonyl (C=O) groups is 1. The Morgan fingerprint density at radius 1 is 1.36 bits per heavy atom. The first-order valence-electron chi connectivity index (χ1n) is 8.21. The van der Waals surface area contributed by atoms with Crippen LogP contribution in [0.15, 0.2) is 45.9 Å². The van der Waals surface area contributed by atoms with Gasteiger partial charge in [0.25, 0.3) is 5.91 Å². The normalized spacial score (nSPS) is 17.6. The molecule has 0 unspecified atom stereocenters. The number of furan rings is 1. The average molecular weight is 339 g/mol. The van der Waals surface area contributed by atoms with Crippen molar-refractivity contribution in [1.29, 1.82) is 0 Å². The van der Waals surface area contributed by atoms with E-state index in [-0.39, 0.29) is 11.8 Å². The third kappa shape index (κ3) is 3.42.